The monoisotopic (exact) mass is 318 g/mol. The number of aromatic hydroxyl groups is 1. The molecule has 0 aliphatic heterocycles. The second-order valence-electron chi connectivity index (χ2n) is 5.61. The summed E-state index contributed by atoms with van der Waals surface area (Å²) >= 11 is 0. The molecule has 5 nitrogen and oxygen atoms in total. The van der Waals surface area contributed by atoms with Gasteiger partial charge in [-0.05, 0) is 49.2 Å². The number of ether oxygens (including phenoxy) is 1. The molecule has 0 amide bonds. The molecule has 0 saturated heterocycles. The molecule has 0 fully saturated rings. The van der Waals surface area contributed by atoms with Gasteiger partial charge in [0.15, 0.2) is 0 Å². The zero-order valence-corrected chi connectivity index (χ0v) is 13.1. The van der Waals surface area contributed by atoms with E-state index in [1.54, 1.807) is 43.3 Å². The van der Waals surface area contributed by atoms with Crippen LogP contribution >= 0.6 is 0 Å². The van der Waals surface area contributed by atoms with Crippen LogP contribution in [0.4, 0.5) is 0 Å². The van der Waals surface area contributed by atoms with Crippen molar-refractivity contribution in [3.63, 3.8) is 0 Å². The number of aliphatic hydroxyl groups is 3. The number of rotatable bonds is 6. The van der Waals surface area contributed by atoms with E-state index in [9.17, 15) is 20.4 Å². The first-order valence-corrected chi connectivity index (χ1v) is 7.48. The van der Waals surface area contributed by atoms with Crippen molar-refractivity contribution in [1.82, 2.24) is 0 Å². The number of phenols is 1. The van der Waals surface area contributed by atoms with Crippen LogP contribution in [-0.2, 0) is 0 Å². The molecule has 5 heteroatoms. The third-order valence-corrected chi connectivity index (χ3v) is 3.68. The fourth-order valence-electron chi connectivity index (χ4n) is 2.24. The van der Waals surface area contributed by atoms with Gasteiger partial charge < -0.3 is 25.2 Å². The molecule has 2 rings (SSSR count). The molecule has 4 N–H and O–H groups in total. The molecule has 0 spiro atoms. The third kappa shape index (κ3) is 4.45. The van der Waals surface area contributed by atoms with Crippen LogP contribution in [0.5, 0.6) is 11.5 Å². The molecule has 0 aromatic heterocycles. The molecule has 4 unspecified atom stereocenters. The zero-order chi connectivity index (χ0) is 17.0. The minimum atomic E-state index is -0.941. The van der Waals surface area contributed by atoms with Gasteiger partial charge in [0.1, 0.15) is 29.8 Å². The van der Waals surface area contributed by atoms with Crippen LogP contribution in [0.2, 0.25) is 0 Å². The molecule has 124 valence electrons. The van der Waals surface area contributed by atoms with Crippen LogP contribution in [-0.4, -0.2) is 32.6 Å². The molecule has 2 aromatic carbocycles. The van der Waals surface area contributed by atoms with Gasteiger partial charge in [0.25, 0.3) is 0 Å². The molecule has 0 heterocycles. The van der Waals surface area contributed by atoms with E-state index in [2.05, 4.69) is 0 Å². The highest BCUT2D eigenvalue weighted by molar-refractivity contribution is 5.30. The Morgan fingerprint density at radius 2 is 1.22 bits per heavy atom. The Kier molecular flexibility index (Phi) is 5.60. The molecule has 0 bridgehead atoms. The van der Waals surface area contributed by atoms with Gasteiger partial charge in [0.05, 0.1) is 6.10 Å². The van der Waals surface area contributed by atoms with E-state index in [1.807, 2.05) is 0 Å². The molecule has 2 aromatic rings. The maximum absolute atomic E-state index is 10.3. The minimum Gasteiger partial charge on any atom is -0.508 e. The van der Waals surface area contributed by atoms with Crippen molar-refractivity contribution in [3.8, 4) is 11.5 Å². The minimum absolute atomic E-state index is 0.141. The quantitative estimate of drug-likeness (QED) is 0.656. The standard InChI is InChI=1S/C18H22O5/c1-11(19)17(21)13-5-9-16(10-6-13)23-12(2)18(22)14-3-7-15(20)8-4-14/h3-12,17-22H,1-2H3. The van der Waals surface area contributed by atoms with E-state index < -0.39 is 24.4 Å². The van der Waals surface area contributed by atoms with E-state index in [4.69, 9.17) is 4.74 Å². The van der Waals surface area contributed by atoms with Gasteiger partial charge in [0, 0.05) is 0 Å². The molecule has 0 radical (unpaired) electrons. The molecule has 0 saturated carbocycles. The second kappa shape index (κ2) is 7.46. The van der Waals surface area contributed by atoms with Crippen LogP contribution in [0.15, 0.2) is 48.5 Å². The Bertz CT molecular complexity index is 606. The third-order valence-electron chi connectivity index (χ3n) is 3.68. The molecular weight excluding hydrogens is 296 g/mol. The number of benzene rings is 2. The topological polar surface area (TPSA) is 90.2 Å². The average Bonchev–Trinajstić information content (AvgIpc) is 2.54. The highest BCUT2D eigenvalue weighted by Crippen LogP contribution is 2.25. The molecule has 23 heavy (non-hydrogen) atoms. The lowest BCUT2D eigenvalue weighted by Crippen LogP contribution is -2.21. The Labute approximate surface area is 135 Å². The van der Waals surface area contributed by atoms with Gasteiger partial charge in [-0.2, -0.15) is 0 Å². The molecular formula is C18H22O5. The summed E-state index contributed by atoms with van der Waals surface area (Å²) in [6.07, 6.45) is -3.12. The number of hydrogen-bond acceptors (Lipinski definition) is 5. The SMILES string of the molecule is CC(O)C(O)c1ccc(OC(C)C(O)c2ccc(O)cc2)cc1. The lowest BCUT2D eigenvalue weighted by Gasteiger charge is -2.21. The normalized spacial score (nSPS) is 16.4. The summed E-state index contributed by atoms with van der Waals surface area (Å²) in [4.78, 5) is 0. The Morgan fingerprint density at radius 3 is 1.74 bits per heavy atom. The van der Waals surface area contributed by atoms with Crippen molar-refractivity contribution in [1.29, 1.82) is 0 Å². The fourth-order valence-corrected chi connectivity index (χ4v) is 2.24. The van der Waals surface area contributed by atoms with Crippen molar-refractivity contribution in [2.24, 2.45) is 0 Å². The first-order valence-electron chi connectivity index (χ1n) is 7.48. The Hall–Kier alpha value is -2.08. The summed E-state index contributed by atoms with van der Waals surface area (Å²) in [7, 11) is 0. The average molecular weight is 318 g/mol. The number of phenolic OH excluding ortho intramolecular Hbond substituents is 1. The maximum atomic E-state index is 10.3. The molecule has 4 atom stereocenters. The van der Waals surface area contributed by atoms with Crippen LogP contribution in [0.1, 0.15) is 37.2 Å². The van der Waals surface area contributed by atoms with Crippen molar-refractivity contribution in [2.75, 3.05) is 0 Å². The van der Waals surface area contributed by atoms with Crippen molar-refractivity contribution >= 4 is 0 Å². The fraction of sp³-hybridized carbons (Fsp3) is 0.333. The summed E-state index contributed by atoms with van der Waals surface area (Å²) < 4.78 is 5.70. The summed E-state index contributed by atoms with van der Waals surface area (Å²) in [5.41, 5.74) is 1.25. The summed E-state index contributed by atoms with van der Waals surface area (Å²) in [5, 5.41) is 38.7. The lowest BCUT2D eigenvalue weighted by molar-refractivity contribution is 0.0302. The van der Waals surface area contributed by atoms with Gasteiger partial charge in [-0.3, -0.25) is 0 Å². The lowest BCUT2D eigenvalue weighted by atomic mass is 10.0. The second-order valence-corrected chi connectivity index (χ2v) is 5.61. The predicted octanol–water partition coefficient (Wildman–Crippen LogP) is 2.31. The van der Waals surface area contributed by atoms with Crippen molar-refractivity contribution in [3.05, 3.63) is 59.7 Å². The van der Waals surface area contributed by atoms with Gasteiger partial charge >= 0.3 is 0 Å². The number of hydrogen-bond donors (Lipinski definition) is 4. The first-order chi connectivity index (χ1) is 10.9. The Balaban J connectivity index is 2.02. The van der Waals surface area contributed by atoms with E-state index in [0.29, 0.717) is 16.9 Å². The van der Waals surface area contributed by atoms with E-state index >= 15 is 0 Å². The van der Waals surface area contributed by atoms with Gasteiger partial charge in [-0.25, -0.2) is 0 Å². The van der Waals surface area contributed by atoms with E-state index in [-0.39, 0.29) is 5.75 Å². The summed E-state index contributed by atoms with van der Waals surface area (Å²) in [6.45, 7) is 3.27. The highest BCUT2D eigenvalue weighted by atomic mass is 16.5. The zero-order valence-electron chi connectivity index (χ0n) is 13.1. The van der Waals surface area contributed by atoms with Crippen LogP contribution in [0, 0.1) is 0 Å². The van der Waals surface area contributed by atoms with Crippen LogP contribution in [0.3, 0.4) is 0 Å². The summed E-state index contributed by atoms with van der Waals surface area (Å²) in [6, 6.07) is 13.0. The largest absolute Gasteiger partial charge is 0.508 e. The first kappa shape index (κ1) is 17.3. The Morgan fingerprint density at radius 1 is 0.739 bits per heavy atom. The highest BCUT2D eigenvalue weighted by Gasteiger charge is 2.19. The maximum Gasteiger partial charge on any atom is 0.126 e. The van der Waals surface area contributed by atoms with Gasteiger partial charge in [-0.1, -0.05) is 24.3 Å². The molecule has 0 aliphatic rings. The van der Waals surface area contributed by atoms with Gasteiger partial charge in [0.2, 0.25) is 0 Å². The van der Waals surface area contributed by atoms with Crippen LogP contribution < -0.4 is 4.74 Å². The molecule has 0 aliphatic carbocycles. The van der Waals surface area contributed by atoms with Gasteiger partial charge in [-0.15, -0.1) is 0 Å². The van der Waals surface area contributed by atoms with E-state index in [0.717, 1.165) is 0 Å². The van der Waals surface area contributed by atoms with Crippen LogP contribution in [0.25, 0.3) is 0 Å². The smallest absolute Gasteiger partial charge is 0.126 e. The van der Waals surface area contributed by atoms with E-state index in [1.165, 1.54) is 19.1 Å². The predicted molar refractivity (Wildman–Crippen MR) is 86.2 cm³/mol. The van der Waals surface area contributed by atoms with Crippen molar-refractivity contribution in [2.45, 2.75) is 38.3 Å². The van der Waals surface area contributed by atoms with Crippen molar-refractivity contribution < 1.29 is 25.2 Å². The summed E-state index contributed by atoms with van der Waals surface area (Å²) in [5.74, 6) is 0.693. The number of aliphatic hydroxyl groups excluding tert-OH is 3.